The first kappa shape index (κ1) is 27.2. The van der Waals surface area contributed by atoms with E-state index in [0.717, 1.165) is 27.5 Å². The van der Waals surface area contributed by atoms with Crippen LogP contribution in [0, 0.1) is 36.5 Å². The third-order valence-corrected chi connectivity index (χ3v) is 12.5. The van der Waals surface area contributed by atoms with E-state index in [0.29, 0.717) is 37.7 Å². The number of aromatic amines is 1. The second-order valence-corrected chi connectivity index (χ2v) is 14.4. The van der Waals surface area contributed by atoms with Gasteiger partial charge in [0, 0.05) is 29.1 Å². The molecule has 1 aromatic heterocycles. The average Bonchev–Trinajstić information content (AvgIpc) is 3.76. The third-order valence-electron chi connectivity index (χ3n) is 9.96. The molecule has 5 aliphatic rings. The summed E-state index contributed by atoms with van der Waals surface area (Å²) in [4.78, 5) is 60.2. The van der Waals surface area contributed by atoms with Gasteiger partial charge < -0.3 is 19.4 Å². The van der Waals surface area contributed by atoms with E-state index in [-0.39, 0.29) is 70.0 Å². The van der Waals surface area contributed by atoms with Gasteiger partial charge in [-0.2, -0.15) is 0 Å². The molecule has 4 fully saturated rings. The summed E-state index contributed by atoms with van der Waals surface area (Å²) in [5, 5.41) is 0.975. The van der Waals surface area contributed by atoms with Crippen molar-refractivity contribution in [1.29, 1.82) is 0 Å². The van der Waals surface area contributed by atoms with Crippen LogP contribution in [0.2, 0.25) is 0 Å². The Morgan fingerprint density at radius 3 is 2.53 bits per heavy atom. The largest absolute Gasteiger partial charge is 0.484 e. The molecule has 7 atom stereocenters. The predicted octanol–water partition coefficient (Wildman–Crippen LogP) is 3.66. The van der Waals surface area contributed by atoms with Crippen molar-refractivity contribution in [2.45, 2.75) is 29.5 Å². The van der Waals surface area contributed by atoms with E-state index in [4.69, 9.17) is 9.47 Å². The highest BCUT2D eigenvalue weighted by Gasteiger charge is 2.69. The van der Waals surface area contributed by atoms with Gasteiger partial charge in [-0.1, -0.05) is 41.2 Å². The molecule has 2 saturated heterocycles. The number of carbonyl (C=O) groups is 3. The standard InChI is InChI=1S/C32H31N3O6S2/c1-16-5-7-18(8-6-16)35-30(37)25-20-14-21(26(25)31(35)38)27-24(20)23(28-29(42-27)33-32(39)43-28)17-3-2-4-19(13-17)41-15-22(36)34-9-11-40-12-10-34/h2-8,13,20-21,23-27H,9-12,14-15H2,1H3,(H,33,39)/t20-,21-,23-,24?,25?,26?,27?/m1/s1. The van der Waals surface area contributed by atoms with Crippen molar-refractivity contribution in [1.82, 2.24) is 9.88 Å². The van der Waals surface area contributed by atoms with Gasteiger partial charge >= 0.3 is 4.87 Å². The molecule has 4 unspecified atom stereocenters. The van der Waals surface area contributed by atoms with E-state index in [1.165, 1.54) is 16.2 Å². The second kappa shape index (κ2) is 10.3. The maximum Gasteiger partial charge on any atom is 0.305 e. The fourth-order valence-corrected chi connectivity index (χ4v) is 11.1. The molecule has 2 bridgehead atoms. The minimum atomic E-state index is -0.356. The van der Waals surface area contributed by atoms with Crippen LogP contribution < -0.4 is 14.5 Å². The number of amides is 3. The topological polar surface area (TPSA) is 109 Å². The number of benzene rings is 2. The monoisotopic (exact) mass is 617 g/mol. The first-order chi connectivity index (χ1) is 20.9. The number of aromatic nitrogens is 1. The third kappa shape index (κ3) is 4.30. The van der Waals surface area contributed by atoms with E-state index in [1.54, 1.807) is 16.7 Å². The number of fused-ring (bicyclic) bond motifs is 9. The molecule has 4 heterocycles. The zero-order valence-corrected chi connectivity index (χ0v) is 25.2. The lowest BCUT2D eigenvalue weighted by atomic mass is 9.68. The van der Waals surface area contributed by atoms with E-state index in [2.05, 4.69) is 4.98 Å². The average molecular weight is 618 g/mol. The smallest absolute Gasteiger partial charge is 0.305 e. The van der Waals surface area contributed by atoms with Gasteiger partial charge in [0.2, 0.25) is 11.8 Å². The SMILES string of the molecule is Cc1ccc(N2C(=O)C3C(C2=O)[C@@H]2C[C@H]3C3Sc4[nH]c(=O)sc4[C@H](c4cccc(OCC(=O)N5CCOCC5)c4)C32)cc1. The number of thioether (sulfide) groups is 1. The van der Waals surface area contributed by atoms with Crippen LogP contribution in [0.5, 0.6) is 5.75 Å². The summed E-state index contributed by atoms with van der Waals surface area (Å²) in [6, 6.07) is 15.4. The molecule has 2 aromatic carbocycles. The molecule has 0 radical (unpaired) electrons. The van der Waals surface area contributed by atoms with E-state index >= 15 is 0 Å². The van der Waals surface area contributed by atoms with Gasteiger partial charge in [0.1, 0.15) is 5.75 Å². The fraction of sp³-hybridized carbons (Fsp3) is 0.438. The maximum atomic E-state index is 14.0. The summed E-state index contributed by atoms with van der Waals surface area (Å²) < 4.78 is 11.3. The molecule has 3 amide bonds. The van der Waals surface area contributed by atoms with Gasteiger partial charge in [0.05, 0.1) is 35.8 Å². The lowest BCUT2D eigenvalue weighted by Gasteiger charge is -2.43. The zero-order chi connectivity index (χ0) is 29.4. The Labute approximate surface area is 256 Å². The van der Waals surface area contributed by atoms with Crippen LogP contribution in [0.15, 0.2) is 58.4 Å². The van der Waals surface area contributed by atoms with E-state index in [9.17, 15) is 19.2 Å². The van der Waals surface area contributed by atoms with Crippen LogP contribution in [-0.4, -0.2) is 65.8 Å². The van der Waals surface area contributed by atoms with Crippen LogP contribution in [0.3, 0.4) is 0 Å². The number of hydrogen-bond acceptors (Lipinski definition) is 8. The highest BCUT2D eigenvalue weighted by Crippen LogP contribution is 2.68. The summed E-state index contributed by atoms with van der Waals surface area (Å²) in [5.41, 5.74) is 2.71. The number of morpholine rings is 1. The summed E-state index contributed by atoms with van der Waals surface area (Å²) in [6.45, 7) is 4.12. The van der Waals surface area contributed by atoms with Gasteiger partial charge in [0.15, 0.2) is 6.61 Å². The molecule has 0 spiro atoms. The van der Waals surface area contributed by atoms with Crippen LogP contribution in [-0.2, 0) is 19.1 Å². The van der Waals surface area contributed by atoms with Crippen molar-refractivity contribution in [3.63, 3.8) is 0 Å². The number of imide groups is 1. The number of hydrogen-bond donors (Lipinski definition) is 1. The maximum absolute atomic E-state index is 14.0. The molecule has 3 aliphatic heterocycles. The van der Waals surface area contributed by atoms with Crippen LogP contribution in [0.4, 0.5) is 5.69 Å². The summed E-state index contributed by atoms with van der Waals surface area (Å²) in [7, 11) is 0. The first-order valence-electron chi connectivity index (χ1n) is 14.8. The Balaban J connectivity index is 1.11. The van der Waals surface area contributed by atoms with Crippen molar-refractivity contribution >= 4 is 46.5 Å². The molecule has 8 rings (SSSR count). The highest BCUT2D eigenvalue weighted by atomic mass is 32.2. The number of carbonyl (C=O) groups excluding carboxylic acids is 3. The molecule has 43 heavy (non-hydrogen) atoms. The van der Waals surface area contributed by atoms with Crippen LogP contribution in [0.25, 0.3) is 0 Å². The first-order valence-corrected chi connectivity index (χ1v) is 16.5. The molecule has 3 aromatic rings. The molecule has 1 N–H and O–H groups in total. The Morgan fingerprint density at radius 2 is 1.77 bits per heavy atom. The Hall–Kier alpha value is -3.41. The summed E-state index contributed by atoms with van der Waals surface area (Å²) in [5.74, 6) is -0.290. The van der Waals surface area contributed by atoms with Gasteiger partial charge in [-0.25, -0.2) is 0 Å². The van der Waals surface area contributed by atoms with Crippen LogP contribution >= 0.6 is 23.1 Å². The number of ether oxygens (including phenoxy) is 2. The molecular formula is C32H31N3O6S2. The predicted molar refractivity (Wildman–Crippen MR) is 162 cm³/mol. The molecule has 9 nitrogen and oxygen atoms in total. The second-order valence-electron chi connectivity index (χ2n) is 12.2. The minimum Gasteiger partial charge on any atom is -0.484 e. The normalized spacial score (nSPS) is 30.8. The van der Waals surface area contributed by atoms with Crippen molar-refractivity contribution in [3.05, 3.63) is 74.2 Å². The summed E-state index contributed by atoms with van der Waals surface area (Å²) in [6.07, 6.45) is 0.830. The number of nitrogens with zero attached hydrogens (tertiary/aromatic N) is 2. The number of aryl methyl sites for hydroxylation is 1. The molecule has 11 heteroatoms. The molecule has 2 saturated carbocycles. The number of thiazole rings is 1. The number of anilines is 1. The molecular weight excluding hydrogens is 587 g/mol. The van der Waals surface area contributed by atoms with Crippen molar-refractivity contribution < 1.29 is 23.9 Å². The van der Waals surface area contributed by atoms with Crippen molar-refractivity contribution in [2.75, 3.05) is 37.8 Å². The lowest BCUT2D eigenvalue weighted by Crippen LogP contribution is -2.43. The van der Waals surface area contributed by atoms with Crippen LogP contribution in [0.1, 0.15) is 28.3 Å². The minimum absolute atomic E-state index is 0.0298. The number of nitrogens with one attached hydrogen (secondary N) is 1. The van der Waals surface area contributed by atoms with Gasteiger partial charge in [0.25, 0.3) is 5.91 Å². The van der Waals surface area contributed by atoms with Gasteiger partial charge in [-0.15, -0.1) is 11.8 Å². The molecule has 2 aliphatic carbocycles. The fourth-order valence-electron chi connectivity index (χ4n) is 8.19. The van der Waals surface area contributed by atoms with Gasteiger partial charge in [-0.3, -0.25) is 24.1 Å². The van der Waals surface area contributed by atoms with E-state index in [1.807, 2.05) is 55.5 Å². The zero-order valence-electron chi connectivity index (χ0n) is 23.6. The number of H-pyrrole nitrogens is 1. The van der Waals surface area contributed by atoms with Gasteiger partial charge in [-0.05, 0) is 60.9 Å². The van der Waals surface area contributed by atoms with Crippen molar-refractivity contribution in [3.8, 4) is 5.75 Å². The Kier molecular flexibility index (Phi) is 6.54. The Bertz CT molecular complexity index is 1680. The lowest BCUT2D eigenvalue weighted by molar-refractivity contribution is -0.137. The molecule has 222 valence electrons. The highest BCUT2D eigenvalue weighted by molar-refractivity contribution is 8.00. The van der Waals surface area contributed by atoms with Crippen molar-refractivity contribution in [2.24, 2.45) is 29.6 Å². The summed E-state index contributed by atoms with van der Waals surface area (Å²) >= 11 is 2.91. The Morgan fingerprint density at radius 1 is 1.02 bits per heavy atom. The van der Waals surface area contributed by atoms with E-state index < -0.39 is 0 Å². The number of rotatable bonds is 5. The quantitative estimate of drug-likeness (QED) is 0.436.